The van der Waals surface area contributed by atoms with E-state index in [1.165, 1.54) is 11.1 Å². The van der Waals surface area contributed by atoms with E-state index in [1.54, 1.807) is 0 Å². The number of fused-ring (bicyclic) bond motifs is 1. The fourth-order valence-electron chi connectivity index (χ4n) is 2.76. The number of hydrogen-bond acceptors (Lipinski definition) is 3. The molecule has 122 valence electrons. The second-order valence-electron chi connectivity index (χ2n) is 6.17. The minimum atomic E-state index is 0.164. The van der Waals surface area contributed by atoms with Gasteiger partial charge in [-0.1, -0.05) is 31.5 Å². The Kier molecular flexibility index (Phi) is 5.06. The van der Waals surface area contributed by atoms with Crippen LogP contribution in [0.1, 0.15) is 30.9 Å². The maximum atomic E-state index is 6.11. The van der Waals surface area contributed by atoms with Crippen LogP contribution >= 0.6 is 0 Å². The summed E-state index contributed by atoms with van der Waals surface area (Å²) in [7, 11) is 0. The van der Waals surface area contributed by atoms with E-state index in [9.17, 15) is 0 Å². The Morgan fingerprint density at radius 2 is 2.00 bits per heavy atom. The highest BCUT2D eigenvalue weighted by atomic mass is 16.5. The van der Waals surface area contributed by atoms with Gasteiger partial charge in [0.2, 0.25) is 0 Å². The van der Waals surface area contributed by atoms with Crippen LogP contribution in [0.5, 0.6) is 11.5 Å². The lowest BCUT2D eigenvalue weighted by Gasteiger charge is -2.27. The van der Waals surface area contributed by atoms with E-state index in [-0.39, 0.29) is 6.10 Å². The lowest BCUT2D eigenvalue weighted by Crippen LogP contribution is -2.32. The van der Waals surface area contributed by atoms with Crippen molar-refractivity contribution in [3.63, 3.8) is 0 Å². The van der Waals surface area contributed by atoms with Crippen molar-refractivity contribution >= 4 is 5.69 Å². The molecule has 0 aliphatic carbocycles. The molecule has 1 aliphatic heterocycles. The molecule has 0 radical (unpaired) electrons. The predicted octanol–water partition coefficient (Wildman–Crippen LogP) is 4.59. The van der Waals surface area contributed by atoms with E-state index in [0.29, 0.717) is 0 Å². The Morgan fingerprint density at radius 3 is 2.78 bits per heavy atom. The van der Waals surface area contributed by atoms with Gasteiger partial charge < -0.3 is 14.8 Å². The molecule has 23 heavy (non-hydrogen) atoms. The molecule has 0 amide bonds. The summed E-state index contributed by atoms with van der Waals surface area (Å²) in [6.45, 7) is 5.90. The molecule has 0 spiro atoms. The van der Waals surface area contributed by atoms with E-state index in [4.69, 9.17) is 9.47 Å². The third-order valence-electron chi connectivity index (χ3n) is 4.10. The largest absolute Gasteiger partial charge is 0.494 e. The second-order valence-corrected chi connectivity index (χ2v) is 6.17. The number of rotatable bonds is 6. The summed E-state index contributed by atoms with van der Waals surface area (Å²) < 4.78 is 11.8. The van der Waals surface area contributed by atoms with E-state index >= 15 is 0 Å². The van der Waals surface area contributed by atoms with Crippen molar-refractivity contribution in [3.05, 3.63) is 53.6 Å². The molecule has 1 aliphatic rings. The lowest BCUT2D eigenvalue weighted by atomic mass is 10.1. The van der Waals surface area contributed by atoms with Crippen LogP contribution in [0, 0.1) is 6.92 Å². The van der Waals surface area contributed by atoms with Crippen LogP contribution in [-0.4, -0.2) is 19.3 Å². The molecule has 0 aromatic heterocycles. The molecule has 0 saturated heterocycles. The zero-order chi connectivity index (χ0) is 16.1. The van der Waals surface area contributed by atoms with Crippen LogP contribution in [0.2, 0.25) is 0 Å². The molecule has 0 bridgehead atoms. The molecular formula is C20H25NO2. The third kappa shape index (κ3) is 4.19. The highest BCUT2D eigenvalue weighted by Gasteiger charge is 2.19. The van der Waals surface area contributed by atoms with Gasteiger partial charge in [-0.05, 0) is 48.7 Å². The average Bonchev–Trinajstić information content (AvgIpc) is 2.57. The number of hydrogen-bond donors (Lipinski definition) is 1. The van der Waals surface area contributed by atoms with Crippen LogP contribution in [0.25, 0.3) is 0 Å². The van der Waals surface area contributed by atoms with Crippen molar-refractivity contribution in [2.75, 3.05) is 18.5 Å². The van der Waals surface area contributed by atoms with Crippen LogP contribution < -0.4 is 14.8 Å². The van der Waals surface area contributed by atoms with Crippen LogP contribution in [0.3, 0.4) is 0 Å². The Hall–Kier alpha value is -2.16. The molecule has 1 unspecified atom stereocenters. The zero-order valence-corrected chi connectivity index (χ0v) is 14.0. The maximum absolute atomic E-state index is 6.11. The third-order valence-corrected chi connectivity index (χ3v) is 4.10. The summed E-state index contributed by atoms with van der Waals surface area (Å²) >= 11 is 0. The lowest BCUT2D eigenvalue weighted by molar-refractivity contribution is 0.206. The number of unbranched alkanes of at least 4 members (excludes halogenated alkanes) is 1. The van der Waals surface area contributed by atoms with Crippen molar-refractivity contribution in [2.45, 2.75) is 39.2 Å². The van der Waals surface area contributed by atoms with Crippen LogP contribution in [0.15, 0.2) is 42.5 Å². The first-order valence-corrected chi connectivity index (χ1v) is 8.47. The number of nitrogens with one attached hydrogen (secondary N) is 1. The molecule has 2 aromatic rings. The summed E-state index contributed by atoms with van der Waals surface area (Å²) in [6.07, 6.45) is 3.32. The second kappa shape index (κ2) is 7.40. The Balaban J connectivity index is 1.56. The van der Waals surface area contributed by atoms with Crippen LogP contribution in [0.4, 0.5) is 5.69 Å². The Morgan fingerprint density at radius 1 is 1.17 bits per heavy atom. The van der Waals surface area contributed by atoms with Gasteiger partial charge in [0.1, 0.15) is 17.6 Å². The van der Waals surface area contributed by atoms with Crippen LogP contribution in [-0.2, 0) is 6.42 Å². The van der Waals surface area contributed by atoms with Gasteiger partial charge in [-0.3, -0.25) is 0 Å². The SMILES string of the molecule is CCCCOc1ccc(CC2CNc3cc(C)ccc3O2)cc1. The van der Waals surface area contributed by atoms with Gasteiger partial charge in [-0.25, -0.2) is 0 Å². The van der Waals surface area contributed by atoms with Gasteiger partial charge in [0.15, 0.2) is 0 Å². The molecule has 3 heteroatoms. The molecule has 1 heterocycles. The van der Waals surface area contributed by atoms with Gasteiger partial charge in [0, 0.05) is 6.42 Å². The summed E-state index contributed by atoms with van der Waals surface area (Å²) in [5.74, 6) is 1.90. The predicted molar refractivity (Wildman–Crippen MR) is 94.6 cm³/mol. The molecule has 2 aromatic carbocycles. The van der Waals surface area contributed by atoms with E-state index < -0.39 is 0 Å². The molecule has 0 fully saturated rings. The van der Waals surface area contributed by atoms with Crippen molar-refractivity contribution in [3.8, 4) is 11.5 Å². The maximum Gasteiger partial charge on any atom is 0.142 e. The Labute approximate surface area is 138 Å². The molecule has 0 saturated carbocycles. The van der Waals surface area contributed by atoms with Crippen molar-refractivity contribution in [1.29, 1.82) is 0 Å². The van der Waals surface area contributed by atoms with Gasteiger partial charge in [-0.15, -0.1) is 0 Å². The fourth-order valence-corrected chi connectivity index (χ4v) is 2.76. The van der Waals surface area contributed by atoms with Crippen molar-refractivity contribution in [2.24, 2.45) is 0 Å². The van der Waals surface area contributed by atoms with Crippen molar-refractivity contribution < 1.29 is 9.47 Å². The fraction of sp³-hybridized carbons (Fsp3) is 0.400. The Bertz CT molecular complexity index is 637. The van der Waals surface area contributed by atoms with E-state index in [0.717, 1.165) is 49.6 Å². The number of ether oxygens (including phenoxy) is 2. The summed E-state index contributed by atoms with van der Waals surface area (Å²) in [4.78, 5) is 0. The first-order chi connectivity index (χ1) is 11.2. The van der Waals surface area contributed by atoms with E-state index in [2.05, 4.69) is 61.6 Å². The average molecular weight is 311 g/mol. The minimum Gasteiger partial charge on any atom is -0.494 e. The van der Waals surface area contributed by atoms with Gasteiger partial charge in [0.05, 0.1) is 18.8 Å². The summed E-state index contributed by atoms with van der Waals surface area (Å²) in [5, 5.41) is 3.47. The van der Waals surface area contributed by atoms with E-state index in [1.807, 2.05) is 0 Å². The zero-order valence-electron chi connectivity index (χ0n) is 14.0. The first kappa shape index (κ1) is 15.7. The number of anilines is 1. The number of benzene rings is 2. The quantitative estimate of drug-likeness (QED) is 0.792. The molecule has 1 N–H and O–H groups in total. The van der Waals surface area contributed by atoms with Gasteiger partial charge >= 0.3 is 0 Å². The number of aryl methyl sites for hydroxylation is 1. The highest BCUT2D eigenvalue weighted by molar-refractivity contribution is 5.59. The summed E-state index contributed by atoms with van der Waals surface area (Å²) in [6, 6.07) is 14.6. The first-order valence-electron chi connectivity index (χ1n) is 8.47. The standard InChI is InChI=1S/C20H25NO2/c1-3-4-11-22-17-8-6-16(7-9-17)13-18-14-21-19-12-15(2)5-10-20(19)23-18/h5-10,12,18,21H,3-4,11,13-14H2,1-2H3. The van der Waals surface area contributed by atoms with Gasteiger partial charge in [-0.2, -0.15) is 0 Å². The molecular weight excluding hydrogens is 286 g/mol. The molecule has 1 atom stereocenters. The van der Waals surface area contributed by atoms with Crippen molar-refractivity contribution in [1.82, 2.24) is 0 Å². The van der Waals surface area contributed by atoms with Gasteiger partial charge in [0.25, 0.3) is 0 Å². The summed E-state index contributed by atoms with van der Waals surface area (Å²) in [5.41, 5.74) is 3.62. The highest BCUT2D eigenvalue weighted by Crippen LogP contribution is 2.30. The molecule has 3 rings (SSSR count). The monoisotopic (exact) mass is 311 g/mol. The normalized spacial score (nSPS) is 16.2. The topological polar surface area (TPSA) is 30.5 Å². The smallest absolute Gasteiger partial charge is 0.142 e. The minimum absolute atomic E-state index is 0.164. The molecule has 3 nitrogen and oxygen atoms in total.